The molecule has 1 saturated heterocycles. The van der Waals surface area contributed by atoms with Gasteiger partial charge in [-0.2, -0.15) is 13.2 Å². The van der Waals surface area contributed by atoms with Crippen molar-refractivity contribution in [1.82, 2.24) is 15.3 Å². The lowest BCUT2D eigenvalue weighted by Crippen LogP contribution is -2.35. The normalized spacial score (nSPS) is 20.8. The predicted molar refractivity (Wildman–Crippen MR) is 98.0 cm³/mol. The lowest BCUT2D eigenvalue weighted by Gasteiger charge is -2.19. The van der Waals surface area contributed by atoms with E-state index in [-0.39, 0.29) is 23.2 Å². The van der Waals surface area contributed by atoms with Crippen LogP contribution in [0.5, 0.6) is 0 Å². The van der Waals surface area contributed by atoms with Crippen LogP contribution < -0.4 is 5.32 Å². The molecule has 0 aromatic carbocycles. The Kier molecular flexibility index (Phi) is 4.89. The lowest BCUT2D eigenvalue weighted by atomic mass is 10.1. The number of carbonyl (C=O) groups is 1. The summed E-state index contributed by atoms with van der Waals surface area (Å²) in [6, 6.07) is 4.08. The van der Waals surface area contributed by atoms with Crippen molar-refractivity contribution in [3.8, 4) is 0 Å². The van der Waals surface area contributed by atoms with Crippen LogP contribution >= 0.6 is 0 Å². The van der Waals surface area contributed by atoms with Crippen LogP contribution in [0.4, 0.5) is 13.2 Å². The van der Waals surface area contributed by atoms with E-state index >= 15 is 0 Å². The Balaban J connectivity index is 1.80. The van der Waals surface area contributed by atoms with Crippen molar-refractivity contribution in [2.75, 3.05) is 0 Å². The quantitative estimate of drug-likeness (QED) is 0.726. The minimum atomic E-state index is -4.50. The summed E-state index contributed by atoms with van der Waals surface area (Å²) in [7, 11) is -1.14. The van der Waals surface area contributed by atoms with Gasteiger partial charge in [-0.3, -0.25) is 4.79 Å². The van der Waals surface area contributed by atoms with E-state index in [4.69, 9.17) is 0 Å². The monoisotopic (exact) mass is 383 g/mol. The molecule has 4 nitrogen and oxygen atoms in total. The highest BCUT2D eigenvalue weighted by atomic mass is 28.3. The zero-order valence-corrected chi connectivity index (χ0v) is 16.3. The molecule has 1 aliphatic rings. The van der Waals surface area contributed by atoms with E-state index in [1.165, 1.54) is 25.1 Å². The summed E-state index contributed by atoms with van der Waals surface area (Å²) in [4.78, 5) is 19.0. The van der Waals surface area contributed by atoms with E-state index in [2.05, 4.69) is 28.4 Å². The Morgan fingerprint density at radius 3 is 2.73 bits per heavy atom. The molecular formula is C18H24F3N3OSi. The molecule has 1 unspecified atom stereocenters. The predicted octanol–water partition coefficient (Wildman–Crippen LogP) is 4.88. The molecule has 1 aliphatic heterocycles. The number of carbonyl (C=O) groups excluding carboxylic acids is 1. The number of pyridine rings is 1. The van der Waals surface area contributed by atoms with Crippen LogP contribution in [0.15, 0.2) is 12.3 Å². The number of aromatic amines is 1. The number of H-pyrrole nitrogens is 1. The van der Waals surface area contributed by atoms with Crippen molar-refractivity contribution in [1.29, 1.82) is 0 Å². The number of nitrogens with one attached hydrogen (secondary N) is 2. The van der Waals surface area contributed by atoms with Crippen LogP contribution in [0.3, 0.4) is 0 Å². The third-order valence-corrected chi connectivity index (χ3v) is 8.70. The molecule has 2 aromatic heterocycles. The summed E-state index contributed by atoms with van der Waals surface area (Å²) in [5, 5.41) is 3.43. The number of aryl methyl sites for hydroxylation is 1. The zero-order chi connectivity index (χ0) is 19.1. The largest absolute Gasteiger partial charge is 0.433 e. The molecule has 0 radical (unpaired) electrons. The summed E-state index contributed by atoms with van der Waals surface area (Å²) < 4.78 is 39.0. The molecule has 142 valence electrons. The van der Waals surface area contributed by atoms with Gasteiger partial charge in [0.05, 0.1) is 11.7 Å². The van der Waals surface area contributed by atoms with Gasteiger partial charge in [0.25, 0.3) is 5.91 Å². The van der Waals surface area contributed by atoms with Crippen molar-refractivity contribution < 1.29 is 18.0 Å². The summed E-state index contributed by atoms with van der Waals surface area (Å²) in [5.41, 5.74) is -0.153. The van der Waals surface area contributed by atoms with Crippen LogP contribution in [0, 0.1) is 6.92 Å². The van der Waals surface area contributed by atoms with Crippen LogP contribution in [-0.4, -0.2) is 30.0 Å². The molecule has 3 rings (SSSR count). The van der Waals surface area contributed by atoms with Crippen LogP contribution in [-0.2, 0) is 6.18 Å². The van der Waals surface area contributed by atoms with Gasteiger partial charge < -0.3 is 10.3 Å². The van der Waals surface area contributed by atoms with E-state index in [1.54, 1.807) is 0 Å². The van der Waals surface area contributed by atoms with Gasteiger partial charge in [-0.05, 0) is 31.4 Å². The lowest BCUT2D eigenvalue weighted by molar-refractivity contribution is -0.141. The molecule has 26 heavy (non-hydrogen) atoms. The number of aromatic nitrogens is 2. The number of hydrogen-bond acceptors (Lipinski definition) is 2. The Bertz CT molecular complexity index is 829. The maximum Gasteiger partial charge on any atom is 0.433 e. The van der Waals surface area contributed by atoms with Crippen molar-refractivity contribution in [2.24, 2.45) is 0 Å². The summed E-state index contributed by atoms with van der Waals surface area (Å²) in [5.74, 6) is -0.263. The fourth-order valence-corrected chi connectivity index (χ4v) is 6.25. The summed E-state index contributed by atoms with van der Waals surface area (Å²) in [6.07, 6.45) is -0.309. The molecule has 3 heterocycles. The average Bonchev–Trinajstić information content (AvgIpc) is 2.89. The maximum absolute atomic E-state index is 13.0. The highest BCUT2D eigenvalue weighted by Crippen LogP contribution is 2.33. The van der Waals surface area contributed by atoms with Crippen molar-refractivity contribution in [3.05, 3.63) is 29.2 Å². The number of fused-ring (bicyclic) bond motifs is 1. The van der Waals surface area contributed by atoms with E-state index in [1.807, 2.05) is 0 Å². The van der Waals surface area contributed by atoms with Crippen LogP contribution in [0.2, 0.25) is 25.2 Å². The van der Waals surface area contributed by atoms with Crippen molar-refractivity contribution >= 4 is 24.9 Å². The fraction of sp³-hybridized carbons (Fsp3) is 0.556. The molecule has 1 amide bonds. The minimum Gasteiger partial charge on any atom is -0.349 e. The molecule has 0 spiro atoms. The second kappa shape index (κ2) is 6.72. The first-order valence-electron chi connectivity index (χ1n) is 8.93. The molecule has 2 N–H and O–H groups in total. The first-order valence-corrected chi connectivity index (χ1v) is 12.3. The Hall–Kier alpha value is -1.83. The van der Waals surface area contributed by atoms with Gasteiger partial charge in [-0.1, -0.05) is 31.6 Å². The van der Waals surface area contributed by atoms with Crippen LogP contribution in [0.25, 0.3) is 10.9 Å². The highest BCUT2D eigenvalue weighted by Gasteiger charge is 2.35. The van der Waals surface area contributed by atoms with Crippen molar-refractivity contribution in [2.45, 2.75) is 63.6 Å². The van der Waals surface area contributed by atoms with E-state index < -0.39 is 19.9 Å². The van der Waals surface area contributed by atoms with Crippen LogP contribution in [0.1, 0.15) is 41.0 Å². The number of rotatable bonds is 2. The second-order valence-corrected chi connectivity index (χ2v) is 13.3. The SMILES string of the molecule is Cc1c(C(F)(F)F)ncc2[nH]c(C(=O)NC3CCC[Si](C)(C)CC3)cc12. The third-order valence-electron chi connectivity index (χ3n) is 5.35. The van der Waals surface area contributed by atoms with Gasteiger partial charge in [-0.25, -0.2) is 4.98 Å². The number of nitrogens with zero attached hydrogens (tertiary/aromatic N) is 1. The molecule has 0 aliphatic carbocycles. The maximum atomic E-state index is 13.0. The van der Waals surface area contributed by atoms with E-state index in [9.17, 15) is 18.0 Å². The Labute approximate surface area is 151 Å². The Morgan fingerprint density at radius 1 is 1.31 bits per heavy atom. The first kappa shape index (κ1) is 18.9. The molecular weight excluding hydrogens is 359 g/mol. The smallest absolute Gasteiger partial charge is 0.349 e. The Morgan fingerprint density at radius 2 is 2.04 bits per heavy atom. The number of hydrogen-bond donors (Lipinski definition) is 2. The molecule has 1 fully saturated rings. The van der Waals surface area contributed by atoms with Gasteiger partial charge in [0.2, 0.25) is 0 Å². The molecule has 0 bridgehead atoms. The van der Waals surface area contributed by atoms with Gasteiger partial charge in [0, 0.05) is 19.5 Å². The average molecular weight is 383 g/mol. The van der Waals surface area contributed by atoms with Crippen molar-refractivity contribution in [3.63, 3.8) is 0 Å². The number of halogens is 3. The van der Waals surface area contributed by atoms with E-state index in [0.717, 1.165) is 25.5 Å². The first-order chi connectivity index (χ1) is 12.1. The summed E-state index contributed by atoms with van der Waals surface area (Å²) in [6.45, 7) is 6.14. The van der Waals surface area contributed by atoms with Gasteiger partial charge in [0.15, 0.2) is 0 Å². The fourth-order valence-electron chi connectivity index (χ4n) is 3.71. The second-order valence-electron chi connectivity index (χ2n) is 8.01. The topological polar surface area (TPSA) is 57.8 Å². The molecule has 8 heteroatoms. The standard InChI is InChI=1S/C18H24F3N3OSi/c1-11-13-9-14(24-15(13)10-22-16(11)18(19,20)21)17(25)23-12-5-4-7-26(2,3)8-6-12/h9-10,12,24H,4-8H2,1-3H3,(H,23,25). The van der Waals surface area contributed by atoms with Gasteiger partial charge in [-0.15, -0.1) is 0 Å². The molecule has 1 atom stereocenters. The highest BCUT2D eigenvalue weighted by molar-refractivity contribution is 6.77. The van der Waals surface area contributed by atoms with E-state index in [0.29, 0.717) is 10.9 Å². The number of alkyl halides is 3. The van der Waals surface area contributed by atoms with Gasteiger partial charge >= 0.3 is 6.18 Å². The third kappa shape index (κ3) is 3.95. The zero-order valence-electron chi connectivity index (χ0n) is 15.3. The summed E-state index contributed by atoms with van der Waals surface area (Å²) >= 11 is 0. The molecule has 0 saturated carbocycles. The molecule has 2 aromatic rings. The number of amides is 1. The van der Waals surface area contributed by atoms with Gasteiger partial charge in [0.1, 0.15) is 11.4 Å². The minimum absolute atomic E-state index is 0.0347.